The second-order valence-electron chi connectivity index (χ2n) is 4.68. The molecule has 0 aliphatic carbocycles. The first-order valence-electron chi connectivity index (χ1n) is 6.18. The summed E-state index contributed by atoms with van der Waals surface area (Å²) in [6, 6.07) is 9.53. The Kier molecular flexibility index (Phi) is 3.99. The minimum atomic E-state index is -0.899. The van der Waals surface area contributed by atoms with Crippen LogP contribution in [0.2, 0.25) is 0 Å². The lowest BCUT2D eigenvalue weighted by Crippen LogP contribution is -2.38. The number of hydrogen-bond acceptors (Lipinski definition) is 4. The molecule has 0 amide bonds. The second-order valence-corrected chi connectivity index (χ2v) is 4.68. The fourth-order valence-electron chi connectivity index (χ4n) is 2.72. The Morgan fingerprint density at radius 3 is 2.50 bits per heavy atom. The standard InChI is InChI=1S/C14H18O4/c15-8-6-12(11-4-2-1-3-5-11)14(10-16)7-9-18-13(14)17/h1-5,12,15-16H,6-10H2/t12-,14+/m1/s1. The Bertz CT molecular complexity index is 404. The van der Waals surface area contributed by atoms with Crippen molar-refractivity contribution in [2.24, 2.45) is 5.41 Å². The third-order valence-electron chi connectivity index (χ3n) is 3.76. The van der Waals surface area contributed by atoms with Crippen molar-refractivity contribution in [3.8, 4) is 0 Å². The number of hydrogen-bond donors (Lipinski definition) is 2. The maximum Gasteiger partial charge on any atom is 0.315 e. The van der Waals surface area contributed by atoms with Gasteiger partial charge in [0.05, 0.1) is 13.2 Å². The van der Waals surface area contributed by atoms with E-state index in [2.05, 4.69) is 0 Å². The van der Waals surface area contributed by atoms with Crippen molar-refractivity contribution in [3.05, 3.63) is 35.9 Å². The number of cyclic esters (lactones) is 1. The van der Waals surface area contributed by atoms with Gasteiger partial charge in [-0.3, -0.25) is 4.79 Å². The fourth-order valence-corrected chi connectivity index (χ4v) is 2.72. The van der Waals surface area contributed by atoms with Gasteiger partial charge in [0.1, 0.15) is 5.41 Å². The average Bonchev–Trinajstić information content (AvgIpc) is 2.79. The first-order valence-corrected chi connectivity index (χ1v) is 6.18. The smallest absolute Gasteiger partial charge is 0.315 e. The van der Waals surface area contributed by atoms with Crippen LogP contribution in [0.5, 0.6) is 0 Å². The summed E-state index contributed by atoms with van der Waals surface area (Å²) >= 11 is 0. The predicted octanol–water partition coefficient (Wildman–Crippen LogP) is 1.08. The molecule has 2 atom stereocenters. The monoisotopic (exact) mass is 250 g/mol. The number of aliphatic hydroxyl groups is 2. The van der Waals surface area contributed by atoms with Crippen LogP contribution >= 0.6 is 0 Å². The normalized spacial score (nSPS) is 24.9. The van der Waals surface area contributed by atoms with Gasteiger partial charge in [0.25, 0.3) is 0 Å². The minimum absolute atomic E-state index is 0.0193. The Labute approximate surface area is 106 Å². The number of aliphatic hydroxyl groups excluding tert-OH is 2. The maximum absolute atomic E-state index is 12.0. The van der Waals surface area contributed by atoms with Gasteiger partial charge in [0.15, 0.2) is 0 Å². The molecule has 1 aromatic rings. The van der Waals surface area contributed by atoms with Crippen molar-refractivity contribution >= 4 is 5.97 Å². The highest BCUT2D eigenvalue weighted by atomic mass is 16.5. The van der Waals surface area contributed by atoms with Gasteiger partial charge in [0.2, 0.25) is 0 Å². The van der Waals surface area contributed by atoms with Crippen LogP contribution in [0, 0.1) is 5.41 Å². The van der Waals surface area contributed by atoms with Crippen LogP contribution in [0.15, 0.2) is 30.3 Å². The van der Waals surface area contributed by atoms with Crippen molar-refractivity contribution in [2.75, 3.05) is 19.8 Å². The van der Waals surface area contributed by atoms with Crippen LogP contribution < -0.4 is 0 Å². The molecule has 98 valence electrons. The number of esters is 1. The molecule has 1 fully saturated rings. The molecular formula is C14H18O4. The lowest BCUT2D eigenvalue weighted by atomic mass is 9.70. The zero-order valence-corrected chi connectivity index (χ0v) is 10.2. The minimum Gasteiger partial charge on any atom is -0.465 e. The quantitative estimate of drug-likeness (QED) is 0.767. The van der Waals surface area contributed by atoms with Crippen LogP contribution in [0.4, 0.5) is 0 Å². The van der Waals surface area contributed by atoms with Gasteiger partial charge < -0.3 is 14.9 Å². The Morgan fingerprint density at radius 1 is 1.28 bits per heavy atom. The molecule has 2 rings (SSSR count). The van der Waals surface area contributed by atoms with Crippen molar-refractivity contribution in [3.63, 3.8) is 0 Å². The Balaban J connectivity index is 2.37. The summed E-state index contributed by atoms with van der Waals surface area (Å²) in [6.07, 6.45) is 0.946. The van der Waals surface area contributed by atoms with Gasteiger partial charge in [-0.15, -0.1) is 0 Å². The first-order chi connectivity index (χ1) is 8.74. The molecule has 0 saturated carbocycles. The van der Waals surface area contributed by atoms with E-state index in [1.807, 2.05) is 30.3 Å². The molecule has 0 aromatic heterocycles. The highest BCUT2D eigenvalue weighted by molar-refractivity contribution is 5.80. The van der Waals surface area contributed by atoms with Gasteiger partial charge >= 0.3 is 5.97 Å². The van der Waals surface area contributed by atoms with E-state index < -0.39 is 5.41 Å². The molecule has 0 unspecified atom stereocenters. The molecule has 4 heteroatoms. The summed E-state index contributed by atoms with van der Waals surface area (Å²) in [5, 5.41) is 18.9. The van der Waals surface area contributed by atoms with Crippen LogP contribution in [0.1, 0.15) is 24.3 Å². The molecule has 1 aliphatic heterocycles. The van der Waals surface area contributed by atoms with E-state index in [4.69, 9.17) is 4.74 Å². The molecule has 18 heavy (non-hydrogen) atoms. The molecule has 1 aliphatic rings. The van der Waals surface area contributed by atoms with Gasteiger partial charge in [0, 0.05) is 18.9 Å². The van der Waals surface area contributed by atoms with Crippen LogP contribution in [0.3, 0.4) is 0 Å². The number of ether oxygens (including phenoxy) is 1. The molecular weight excluding hydrogens is 232 g/mol. The number of benzene rings is 1. The molecule has 1 aromatic carbocycles. The van der Waals surface area contributed by atoms with Crippen molar-refractivity contribution < 1.29 is 19.7 Å². The van der Waals surface area contributed by atoms with E-state index in [0.717, 1.165) is 5.56 Å². The lowest BCUT2D eigenvalue weighted by molar-refractivity contribution is -0.149. The van der Waals surface area contributed by atoms with Gasteiger partial charge in [-0.25, -0.2) is 0 Å². The highest BCUT2D eigenvalue weighted by Crippen LogP contribution is 2.45. The van der Waals surface area contributed by atoms with Crippen LogP contribution in [-0.2, 0) is 9.53 Å². The van der Waals surface area contributed by atoms with Crippen molar-refractivity contribution in [1.82, 2.24) is 0 Å². The molecule has 1 saturated heterocycles. The van der Waals surface area contributed by atoms with E-state index in [9.17, 15) is 15.0 Å². The van der Waals surface area contributed by atoms with Gasteiger partial charge in [-0.2, -0.15) is 0 Å². The zero-order chi connectivity index (χ0) is 13.0. The third-order valence-corrected chi connectivity index (χ3v) is 3.76. The van der Waals surface area contributed by atoms with E-state index in [1.54, 1.807) is 0 Å². The fraction of sp³-hybridized carbons (Fsp3) is 0.500. The van der Waals surface area contributed by atoms with Gasteiger partial charge in [-0.05, 0) is 12.0 Å². The summed E-state index contributed by atoms with van der Waals surface area (Å²) in [4.78, 5) is 12.0. The third kappa shape index (κ3) is 2.13. The van der Waals surface area contributed by atoms with Crippen molar-refractivity contribution in [1.29, 1.82) is 0 Å². The molecule has 1 heterocycles. The summed E-state index contributed by atoms with van der Waals surface area (Å²) in [6.45, 7) is 0.0775. The summed E-state index contributed by atoms with van der Waals surface area (Å²) in [5.74, 6) is -0.559. The number of rotatable bonds is 5. The van der Waals surface area contributed by atoms with Crippen LogP contribution in [0.25, 0.3) is 0 Å². The largest absolute Gasteiger partial charge is 0.465 e. The zero-order valence-electron chi connectivity index (χ0n) is 10.2. The summed E-state index contributed by atoms with van der Waals surface area (Å²) < 4.78 is 5.03. The van der Waals surface area contributed by atoms with E-state index >= 15 is 0 Å². The lowest BCUT2D eigenvalue weighted by Gasteiger charge is -2.32. The van der Waals surface area contributed by atoms with E-state index in [-0.39, 0.29) is 25.1 Å². The molecule has 0 radical (unpaired) electrons. The van der Waals surface area contributed by atoms with Crippen LogP contribution in [-0.4, -0.2) is 36.0 Å². The first kappa shape index (κ1) is 13.1. The summed E-state index contributed by atoms with van der Waals surface area (Å²) in [5.41, 5.74) is 0.0591. The SMILES string of the molecule is O=C1OCC[C@]1(CO)[C@H](CCO)c1ccccc1. The second kappa shape index (κ2) is 5.50. The Morgan fingerprint density at radius 2 is 2.00 bits per heavy atom. The molecule has 2 N–H and O–H groups in total. The van der Waals surface area contributed by atoms with Crippen molar-refractivity contribution in [2.45, 2.75) is 18.8 Å². The molecule has 0 bridgehead atoms. The molecule has 0 spiro atoms. The predicted molar refractivity (Wildman–Crippen MR) is 66.0 cm³/mol. The maximum atomic E-state index is 12.0. The highest BCUT2D eigenvalue weighted by Gasteiger charge is 2.50. The molecule has 4 nitrogen and oxygen atoms in total. The van der Waals surface area contributed by atoms with Gasteiger partial charge in [-0.1, -0.05) is 30.3 Å². The summed E-state index contributed by atoms with van der Waals surface area (Å²) in [7, 11) is 0. The topological polar surface area (TPSA) is 66.8 Å². The number of carbonyl (C=O) groups excluding carboxylic acids is 1. The average molecular weight is 250 g/mol. The Hall–Kier alpha value is -1.39. The van der Waals surface area contributed by atoms with E-state index in [1.165, 1.54) is 0 Å². The van der Waals surface area contributed by atoms with E-state index in [0.29, 0.717) is 19.4 Å². The number of carbonyl (C=O) groups is 1.